The molecule has 18 heavy (non-hydrogen) atoms. The molecule has 2 aliphatic heterocycles. The smallest absolute Gasteiger partial charge is 0.0876 e. The van der Waals surface area contributed by atoms with E-state index in [0.29, 0.717) is 0 Å². The van der Waals surface area contributed by atoms with Gasteiger partial charge in [0.2, 0.25) is 0 Å². The van der Waals surface area contributed by atoms with Gasteiger partial charge in [0, 0.05) is 11.6 Å². The zero-order valence-corrected chi connectivity index (χ0v) is 12.0. The molecule has 0 radical (unpaired) electrons. The van der Waals surface area contributed by atoms with E-state index < -0.39 is 0 Å². The number of nitrogens with two attached hydrogens (primary N) is 1. The van der Waals surface area contributed by atoms with E-state index >= 15 is 0 Å². The van der Waals surface area contributed by atoms with Crippen molar-refractivity contribution < 1.29 is 4.74 Å². The van der Waals surface area contributed by atoms with E-state index in [1.807, 2.05) is 6.26 Å². The van der Waals surface area contributed by atoms with E-state index in [-0.39, 0.29) is 11.6 Å². The minimum Gasteiger partial charge on any atom is -0.501 e. The molecule has 0 saturated carbocycles. The van der Waals surface area contributed by atoms with Gasteiger partial charge in [-0.1, -0.05) is 12.8 Å². The van der Waals surface area contributed by atoms with E-state index in [4.69, 9.17) is 10.5 Å². The highest BCUT2D eigenvalue weighted by Gasteiger charge is 2.35. The Balaban J connectivity index is 2.05. The van der Waals surface area contributed by atoms with Crippen LogP contribution in [0.4, 0.5) is 0 Å². The topological polar surface area (TPSA) is 38.5 Å². The summed E-state index contributed by atoms with van der Waals surface area (Å²) < 4.78 is 5.45. The predicted octanol–water partition coefficient (Wildman–Crippen LogP) is 2.66. The summed E-state index contributed by atoms with van der Waals surface area (Å²) in [4.78, 5) is 2.58. The molecule has 1 saturated heterocycles. The molecule has 1 atom stereocenters. The molecule has 1 fully saturated rings. The first-order valence-corrected chi connectivity index (χ1v) is 7.43. The van der Waals surface area contributed by atoms with Gasteiger partial charge in [-0.15, -0.1) is 0 Å². The molecule has 1 unspecified atom stereocenters. The first-order valence-electron chi connectivity index (χ1n) is 7.43. The Morgan fingerprint density at radius 3 is 2.39 bits per heavy atom. The zero-order chi connectivity index (χ0) is 13.0. The lowest BCUT2D eigenvalue weighted by molar-refractivity contribution is 0.103. The van der Waals surface area contributed by atoms with Gasteiger partial charge in [0.1, 0.15) is 0 Å². The molecule has 0 aromatic carbocycles. The fourth-order valence-electron chi connectivity index (χ4n) is 3.11. The number of nitrogens with zero attached hydrogens (tertiary/aromatic N) is 1. The van der Waals surface area contributed by atoms with Crippen molar-refractivity contribution in [1.29, 1.82) is 0 Å². The zero-order valence-electron chi connectivity index (χ0n) is 12.0. The van der Waals surface area contributed by atoms with Gasteiger partial charge in [0.15, 0.2) is 0 Å². The van der Waals surface area contributed by atoms with Gasteiger partial charge in [-0.2, -0.15) is 0 Å². The van der Waals surface area contributed by atoms with Crippen LogP contribution < -0.4 is 5.73 Å². The summed E-state index contributed by atoms with van der Waals surface area (Å²) in [5.41, 5.74) is 7.84. The molecule has 3 nitrogen and oxygen atoms in total. The Labute approximate surface area is 111 Å². The molecule has 0 aliphatic carbocycles. The van der Waals surface area contributed by atoms with E-state index in [1.54, 1.807) is 0 Å². The van der Waals surface area contributed by atoms with Gasteiger partial charge >= 0.3 is 0 Å². The Morgan fingerprint density at radius 1 is 1.17 bits per heavy atom. The Kier molecular flexibility index (Phi) is 4.68. The fraction of sp³-hybridized carbons (Fsp3) is 0.867. The van der Waals surface area contributed by atoms with Gasteiger partial charge in [-0.3, -0.25) is 4.90 Å². The van der Waals surface area contributed by atoms with Gasteiger partial charge < -0.3 is 10.5 Å². The van der Waals surface area contributed by atoms with Crippen LogP contribution in [0, 0.1) is 0 Å². The van der Waals surface area contributed by atoms with Gasteiger partial charge in [0.05, 0.1) is 12.9 Å². The summed E-state index contributed by atoms with van der Waals surface area (Å²) in [6.07, 6.45) is 9.47. The summed E-state index contributed by atoms with van der Waals surface area (Å²) in [7, 11) is 0. The van der Waals surface area contributed by atoms with Crippen molar-refractivity contribution in [3.8, 4) is 0 Å². The van der Waals surface area contributed by atoms with Crippen LogP contribution in [0.1, 0.15) is 52.4 Å². The molecule has 3 heteroatoms. The lowest BCUT2D eigenvalue weighted by Crippen LogP contribution is -2.57. The normalized spacial score (nSPS) is 24.9. The third-order valence-electron chi connectivity index (χ3n) is 4.54. The minimum absolute atomic E-state index is 0.0386. The largest absolute Gasteiger partial charge is 0.501 e. The molecular weight excluding hydrogens is 224 g/mol. The highest BCUT2D eigenvalue weighted by Crippen LogP contribution is 2.28. The highest BCUT2D eigenvalue weighted by molar-refractivity contribution is 5.16. The van der Waals surface area contributed by atoms with Crippen molar-refractivity contribution >= 4 is 0 Å². The molecule has 0 aromatic heterocycles. The molecule has 2 aliphatic rings. The monoisotopic (exact) mass is 252 g/mol. The molecule has 2 heterocycles. The van der Waals surface area contributed by atoms with E-state index in [9.17, 15) is 0 Å². The standard InChI is InChI=1S/C15H28N2O/c1-15(2,17-9-5-3-4-6-10-17)14(16)13-8-7-11-18-12-13/h12,14H,3-11,16H2,1-2H3. The average molecular weight is 252 g/mol. The van der Waals surface area contributed by atoms with Gasteiger partial charge in [-0.05, 0) is 58.2 Å². The SMILES string of the molecule is CC(C)(C(N)C1=COCCC1)N1CCCCCC1. The fourth-order valence-corrected chi connectivity index (χ4v) is 3.11. The maximum atomic E-state index is 6.52. The van der Waals surface area contributed by atoms with Crippen molar-refractivity contribution in [3.63, 3.8) is 0 Å². The molecule has 104 valence electrons. The quantitative estimate of drug-likeness (QED) is 0.839. The third-order valence-corrected chi connectivity index (χ3v) is 4.54. The Bertz CT molecular complexity index is 291. The molecule has 2 rings (SSSR count). The second kappa shape index (κ2) is 6.07. The van der Waals surface area contributed by atoms with Crippen LogP contribution in [0.15, 0.2) is 11.8 Å². The molecule has 0 spiro atoms. The number of hydrogen-bond donors (Lipinski definition) is 1. The second-order valence-electron chi connectivity index (χ2n) is 6.20. The van der Waals surface area contributed by atoms with Crippen LogP contribution in [0.2, 0.25) is 0 Å². The second-order valence-corrected chi connectivity index (χ2v) is 6.20. The Hall–Kier alpha value is -0.540. The molecular formula is C15H28N2O. The van der Waals surface area contributed by atoms with Crippen molar-refractivity contribution in [2.75, 3.05) is 19.7 Å². The Morgan fingerprint density at radius 2 is 1.83 bits per heavy atom. The maximum absolute atomic E-state index is 6.52. The molecule has 0 amide bonds. The summed E-state index contributed by atoms with van der Waals surface area (Å²) in [5.74, 6) is 0. The summed E-state index contributed by atoms with van der Waals surface area (Å²) in [6.45, 7) is 7.81. The summed E-state index contributed by atoms with van der Waals surface area (Å²) >= 11 is 0. The van der Waals surface area contributed by atoms with E-state index in [1.165, 1.54) is 44.3 Å². The van der Waals surface area contributed by atoms with Crippen LogP contribution in [0.3, 0.4) is 0 Å². The van der Waals surface area contributed by atoms with Crippen molar-refractivity contribution in [1.82, 2.24) is 4.90 Å². The summed E-state index contributed by atoms with van der Waals surface area (Å²) in [5, 5.41) is 0. The number of likely N-dealkylation sites (tertiary alicyclic amines) is 1. The van der Waals surface area contributed by atoms with Crippen molar-refractivity contribution in [3.05, 3.63) is 11.8 Å². The average Bonchev–Trinajstić information content (AvgIpc) is 2.68. The third kappa shape index (κ3) is 3.07. The number of hydrogen-bond acceptors (Lipinski definition) is 3. The highest BCUT2D eigenvalue weighted by atomic mass is 16.5. The first kappa shape index (κ1) is 13.9. The van der Waals surface area contributed by atoms with E-state index in [0.717, 1.165) is 19.4 Å². The lowest BCUT2D eigenvalue weighted by atomic mass is 9.85. The van der Waals surface area contributed by atoms with Gasteiger partial charge in [-0.25, -0.2) is 0 Å². The molecule has 2 N–H and O–H groups in total. The first-order chi connectivity index (χ1) is 8.62. The maximum Gasteiger partial charge on any atom is 0.0876 e. The molecule has 0 aromatic rings. The van der Waals surface area contributed by atoms with Crippen molar-refractivity contribution in [2.45, 2.75) is 64.0 Å². The lowest BCUT2D eigenvalue weighted by Gasteiger charge is -2.43. The van der Waals surface area contributed by atoms with Crippen LogP contribution in [0.25, 0.3) is 0 Å². The van der Waals surface area contributed by atoms with Crippen LogP contribution in [-0.4, -0.2) is 36.2 Å². The number of ether oxygens (including phenoxy) is 1. The molecule has 0 bridgehead atoms. The van der Waals surface area contributed by atoms with Crippen molar-refractivity contribution in [2.24, 2.45) is 5.73 Å². The van der Waals surface area contributed by atoms with Crippen LogP contribution in [0.5, 0.6) is 0 Å². The minimum atomic E-state index is 0.0386. The summed E-state index contributed by atoms with van der Waals surface area (Å²) in [6, 6.07) is 0.0934. The van der Waals surface area contributed by atoms with Gasteiger partial charge in [0.25, 0.3) is 0 Å². The van der Waals surface area contributed by atoms with Crippen LogP contribution in [-0.2, 0) is 4.74 Å². The number of rotatable bonds is 3. The van der Waals surface area contributed by atoms with Crippen LogP contribution >= 0.6 is 0 Å². The van der Waals surface area contributed by atoms with E-state index in [2.05, 4.69) is 18.7 Å². The predicted molar refractivity (Wildman–Crippen MR) is 75.4 cm³/mol.